The molecular formula is C8H18O4. The molecule has 0 aromatic rings. The number of hydrogen-bond donors (Lipinski definition) is 3. The van der Waals surface area contributed by atoms with Crippen molar-refractivity contribution in [3.63, 3.8) is 0 Å². The van der Waals surface area contributed by atoms with Crippen molar-refractivity contribution in [1.29, 1.82) is 0 Å². The lowest BCUT2D eigenvalue weighted by atomic mass is 10.2. The Kier molecular flexibility index (Phi) is 6.28. The van der Waals surface area contributed by atoms with E-state index >= 15 is 0 Å². The van der Waals surface area contributed by atoms with Crippen LogP contribution in [0.1, 0.15) is 20.3 Å². The number of ether oxygens (including phenoxy) is 1. The molecule has 0 amide bonds. The third-order valence-corrected chi connectivity index (χ3v) is 1.49. The van der Waals surface area contributed by atoms with E-state index in [9.17, 15) is 0 Å². The average Bonchev–Trinajstić information content (AvgIpc) is 2.02. The quantitative estimate of drug-likeness (QED) is 0.513. The molecule has 74 valence electrons. The van der Waals surface area contributed by atoms with Crippen LogP contribution < -0.4 is 0 Å². The molecule has 0 saturated carbocycles. The predicted molar refractivity (Wildman–Crippen MR) is 44.8 cm³/mol. The highest BCUT2D eigenvalue weighted by molar-refractivity contribution is 4.62. The van der Waals surface area contributed by atoms with Gasteiger partial charge in [-0.2, -0.15) is 0 Å². The van der Waals surface area contributed by atoms with E-state index < -0.39 is 6.10 Å². The van der Waals surface area contributed by atoms with E-state index in [1.54, 1.807) is 13.8 Å². The lowest BCUT2D eigenvalue weighted by molar-refractivity contribution is -0.0674. The van der Waals surface area contributed by atoms with Gasteiger partial charge >= 0.3 is 0 Å². The second-order valence-corrected chi connectivity index (χ2v) is 3.02. The van der Waals surface area contributed by atoms with Crippen molar-refractivity contribution in [2.24, 2.45) is 0 Å². The number of hydrogen-bond acceptors (Lipinski definition) is 4. The Bertz CT molecular complexity index is 105. The summed E-state index contributed by atoms with van der Waals surface area (Å²) in [6, 6.07) is 0. The molecule has 0 radical (unpaired) electrons. The molecule has 0 aliphatic carbocycles. The highest BCUT2D eigenvalue weighted by Gasteiger charge is 2.13. The molecule has 12 heavy (non-hydrogen) atoms. The number of rotatable bonds is 6. The fourth-order valence-electron chi connectivity index (χ4n) is 0.925. The molecular weight excluding hydrogens is 160 g/mol. The molecule has 0 aromatic carbocycles. The summed E-state index contributed by atoms with van der Waals surface area (Å²) in [5, 5.41) is 26.4. The van der Waals surface area contributed by atoms with Gasteiger partial charge in [0.1, 0.15) is 0 Å². The van der Waals surface area contributed by atoms with Gasteiger partial charge in [0.15, 0.2) is 0 Å². The summed E-state index contributed by atoms with van der Waals surface area (Å²) < 4.78 is 5.20. The number of aliphatic hydroxyl groups is 3. The van der Waals surface area contributed by atoms with Crippen LogP contribution in [-0.4, -0.2) is 46.8 Å². The molecule has 3 atom stereocenters. The van der Waals surface area contributed by atoms with Crippen LogP contribution in [0, 0.1) is 0 Å². The van der Waals surface area contributed by atoms with Gasteiger partial charge in [0.25, 0.3) is 0 Å². The minimum atomic E-state index is -0.493. The predicted octanol–water partition coefficient (Wildman–Crippen LogP) is -0.484. The maximum Gasteiger partial charge on any atom is 0.0835 e. The highest BCUT2D eigenvalue weighted by Crippen LogP contribution is 2.05. The summed E-state index contributed by atoms with van der Waals surface area (Å²) in [6.45, 7) is 3.14. The van der Waals surface area contributed by atoms with Crippen LogP contribution in [-0.2, 0) is 4.74 Å². The first-order valence-corrected chi connectivity index (χ1v) is 4.15. The van der Waals surface area contributed by atoms with Gasteiger partial charge in [0.2, 0.25) is 0 Å². The van der Waals surface area contributed by atoms with Crippen molar-refractivity contribution in [3.8, 4) is 0 Å². The van der Waals surface area contributed by atoms with Gasteiger partial charge in [0, 0.05) is 6.42 Å². The van der Waals surface area contributed by atoms with Gasteiger partial charge < -0.3 is 20.1 Å². The van der Waals surface area contributed by atoms with Crippen LogP contribution in [0.3, 0.4) is 0 Å². The Balaban J connectivity index is 3.66. The van der Waals surface area contributed by atoms with Crippen molar-refractivity contribution in [3.05, 3.63) is 0 Å². The first-order valence-electron chi connectivity index (χ1n) is 4.15. The summed E-state index contributed by atoms with van der Waals surface area (Å²) in [6.07, 6.45) is -0.776. The van der Waals surface area contributed by atoms with Crippen molar-refractivity contribution >= 4 is 0 Å². The standard InChI is InChI=1S/C8H18O4/c1-6(11)3-8(5-10)12-7(2)4-9/h6-11H,3-5H2,1-2H3. The van der Waals surface area contributed by atoms with Crippen LogP contribution in [0.2, 0.25) is 0 Å². The zero-order chi connectivity index (χ0) is 9.56. The molecule has 0 fully saturated rings. The van der Waals surface area contributed by atoms with Crippen molar-refractivity contribution in [1.82, 2.24) is 0 Å². The molecule has 0 saturated heterocycles. The molecule has 3 unspecified atom stereocenters. The van der Waals surface area contributed by atoms with Crippen molar-refractivity contribution < 1.29 is 20.1 Å². The molecule has 0 rings (SSSR count). The van der Waals surface area contributed by atoms with Crippen molar-refractivity contribution in [2.45, 2.75) is 38.6 Å². The Hall–Kier alpha value is -0.160. The lowest BCUT2D eigenvalue weighted by Gasteiger charge is -2.20. The molecule has 3 N–H and O–H groups in total. The van der Waals surface area contributed by atoms with Gasteiger partial charge in [-0.3, -0.25) is 0 Å². The SMILES string of the molecule is CC(O)CC(CO)OC(C)CO. The van der Waals surface area contributed by atoms with Gasteiger partial charge in [-0.25, -0.2) is 0 Å². The van der Waals surface area contributed by atoms with Crippen LogP contribution in [0.15, 0.2) is 0 Å². The second-order valence-electron chi connectivity index (χ2n) is 3.02. The van der Waals surface area contributed by atoms with Crippen LogP contribution in [0.25, 0.3) is 0 Å². The smallest absolute Gasteiger partial charge is 0.0835 e. The van der Waals surface area contributed by atoms with Gasteiger partial charge in [-0.15, -0.1) is 0 Å². The third-order valence-electron chi connectivity index (χ3n) is 1.49. The largest absolute Gasteiger partial charge is 0.394 e. The first kappa shape index (κ1) is 11.8. The van der Waals surface area contributed by atoms with Crippen LogP contribution in [0.5, 0.6) is 0 Å². The summed E-state index contributed by atoms with van der Waals surface area (Å²) in [7, 11) is 0. The van der Waals surface area contributed by atoms with E-state index in [0.29, 0.717) is 6.42 Å². The third kappa shape index (κ3) is 5.49. The molecule has 0 aliphatic heterocycles. The molecule has 0 aliphatic rings. The van der Waals surface area contributed by atoms with Crippen LogP contribution in [0.4, 0.5) is 0 Å². The summed E-state index contributed by atoms with van der Waals surface area (Å²) in [4.78, 5) is 0. The lowest BCUT2D eigenvalue weighted by Crippen LogP contribution is -2.28. The Morgan fingerprint density at radius 1 is 1.17 bits per heavy atom. The Labute approximate surface area is 72.8 Å². The summed E-state index contributed by atoms with van der Waals surface area (Å²) in [5.74, 6) is 0. The van der Waals surface area contributed by atoms with E-state index in [1.165, 1.54) is 0 Å². The van der Waals surface area contributed by atoms with Crippen LogP contribution >= 0.6 is 0 Å². The fraction of sp³-hybridized carbons (Fsp3) is 1.00. The number of aliphatic hydroxyl groups excluding tert-OH is 3. The summed E-state index contributed by atoms with van der Waals surface area (Å²) >= 11 is 0. The monoisotopic (exact) mass is 178 g/mol. The van der Waals surface area contributed by atoms with E-state index in [2.05, 4.69) is 0 Å². The summed E-state index contributed by atoms with van der Waals surface area (Å²) in [5.41, 5.74) is 0. The zero-order valence-corrected chi connectivity index (χ0v) is 7.60. The Morgan fingerprint density at radius 2 is 1.75 bits per heavy atom. The fourth-order valence-corrected chi connectivity index (χ4v) is 0.925. The first-order chi connectivity index (χ1) is 5.60. The molecule has 0 spiro atoms. The van der Waals surface area contributed by atoms with Gasteiger partial charge in [-0.1, -0.05) is 0 Å². The van der Waals surface area contributed by atoms with E-state index in [0.717, 1.165) is 0 Å². The van der Waals surface area contributed by atoms with E-state index in [4.69, 9.17) is 20.1 Å². The highest BCUT2D eigenvalue weighted by atomic mass is 16.5. The molecule has 0 heterocycles. The molecule has 0 bridgehead atoms. The van der Waals surface area contributed by atoms with E-state index in [1.807, 2.05) is 0 Å². The Morgan fingerprint density at radius 3 is 2.08 bits per heavy atom. The average molecular weight is 178 g/mol. The van der Waals surface area contributed by atoms with Gasteiger partial charge in [0.05, 0.1) is 31.5 Å². The normalized spacial score (nSPS) is 18.8. The molecule has 4 nitrogen and oxygen atoms in total. The zero-order valence-electron chi connectivity index (χ0n) is 7.60. The topological polar surface area (TPSA) is 69.9 Å². The molecule has 0 aromatic heterocycles. The van der Waals surface area contributed by atoms with E-state index in [-0.39, 0.29) is 25.4 Å². The minimum absolute atomic E-state index is 0.0731. The van der Waals surface area contributed by atoms with Gasteiger partial charge in [-0.05, 0) is 13.8 Å². The maximum absolute atomic E-state index is 8.99. The van der Waals surface area contributed by atoms with Crippen molar-refractivity contribution in [2.75, 3.05) is 13.2 Å². The molecule has 4 heteroatoms. The second kappa shape index (κ2) is 6.37. The minimum Gasteiger partial charge on any atom is -0.394 e. The maximum atomic E-state index is 8.99.